The van der Waals surface area contributed by atoms with E-state index in [0.29, 0.717) is 11.4 Å². The fraction of sp³-hybridized carbons (Fsp3) is 0. The molecule has 2 heterocycles. The van der Waals surface area contributed by atoms with Gasteiger partial charge in [0.05, 0.1) is 5.56 Å². The highest BCUT2D eigenvalue weighted by molar-refractivity contribution is 7.08. The Balaban J connectivity index is 2.13. The van der Waals surface area contributed by atoms with Gasteiger partial charge in [-0.3, -0.25) is 4.79 Å². The van der Waals surface area contributed by atoms with Gasteiger partial charge in [-0.15, -0.1) is 0 Å². The first kappa shape index (κ1) is 10.1. The van der Waals surface area contributed by atoms with Crippen LogP contribution in [0.5, 0.6) is 0 Å². The van der Waals surface area contributed by atoms with Crippen molar-refractivity contribution in [3.05, 3.63) is 39.9 Å². The first-order chi connectivity index (χ1) is 7.25. The number of carbonyl (C=O) groups is 1. The van der Waals surface area contributed by atoms with Gasteiger partial charge < -0.3 is 5.32 Å². The standard InChI is InChI=1S/C9H6ClN3OS/c10-9-11-3-1-7(13-9)12-8(14)6-2-4-15-5-6/h1-5H,(H,11,12,13,14). The fourth-order valence-electron chi connectivity index (χ4n) is 0.987. The lowest BCUT2D eigenvalue weighted by molar-refractivity contribution is 0.102. The van der Waals surface area contributed by atoms with Gasteiger partial charge in [0.1, 0.15) is 5.82 Å². The van der Waals surface area contributed by atoms with Gasteiger partial charge in [-0.1, -0.05) is 0 Å². The van der Waals surface area contributed by atoms with E-state index in [1.807, 2.05) is 5.38 Å². The minimum absolute atomic E-state index is 0.109. The number of carbonyl (C=O) groups excluding carboxylic acids is 1. The average Bonchev–Trinajstić information content (AvgIpc) is 2.70. The summed E-state index contributed by atoms with van der Waals surface area (Å²) in [6.45, 7) is 0. The molecule has 0 aromatic carbocycles. The van der Waals surface area contributed by atoms with Crippen LogP contribution in [-0.4, -0.2) is 15.9 Å². The predicted octanol–water partition coefficient (Wildman–Crippen LogP) is 2.44. The minimum atomic E-state index is -0.203. The number of aromatic nitrogens is 2. The van der Waals surface area contributed by atoms with Gasteiger partial charge in [0.15, 0.2) is 0 Å². The summed E-state index contributed by atoms with van der Waals surface area (Å²) in [5, 5.41) is 6.32. The Hall–Kier alpha value is -1.46. The van der Waals surface area contributed by atoms with Crippen LogP contribution in [0.2, 0.25) is 5.28 Å². The SMILES string of the molecule is O=C(Nc1ccnc(Cl)n1)c1ccsc1. The van der Waals surface area contributed by atoms with Gasteiger partial charge in [-0.25, -0.2) is 9.97 Å². The van der Waals surface area contributed by atoms with E-state index in [4.69, 9.17) is 11.6 Å². The van der Waals surface area contributed by atoms with E-state index < -0.39 is 0 Å². The van der Waals surface area contributed by atoms with Gasteiger partial charge in [0, 0.05) is 11.6 Å². The molecule has 0 atom stereocenters. The van der Waals surface area contributed by atoms with Crippen LogP contribution < -0.4 is 5.32 Å². The van der Waals surface area contributed by atoms with Crippen molar-refractivity contribution < 1.29 is 4.79 Å². The molecule has 1 amide bonds. The van der Waals surface area contributed by atoms with Gasteiger partial charge in [0.25, 0.3) is 5.91 Å². The maximum absolute atomic E-state index is 11.6. The summed E-state index contributed by atoms with van der Waals surface area (Å²) in [5.74, 6) is 0.192. The van der Waals surface area contributed by atoms with Crippen LogP contribution in [-0.2, 0) is 0 Å². The molecule has 15 heavy (non-hydrogen) atoms. The van der Waals surface area contributed by atoms with E-state index in [-0.39, 0.29) is 11.2 Å². The van der Waals surface area contributed by atoms with E-state index >= 15 is 0 Å². The molecule has 0 saturated carbocycles. The zero-order valence-electron chi connectivity index (χ0n) is 7.48. The highest BCUT2D eigenvalue weighted by Gasteiger charge is 2.06. The Labute approximate surface area is 94.9 Å². The molecule has 2 aromatic heterocycles. The average molecular weight is 240 g/mol. The number of halogens is 1. The second-order valence-corrected chi connectivity index (χ2v) is 3.80. The highest BCUT2D eigenvalue weighted by atomic mass is 35.5. The number of amides is 1. The quantitative estimate of drug-likeness (QED) is 0.819. The van der Waals surface area contributed by atoms with Crippen molar-refractivity contribution in [1.29, 1.82) is 0 Å². The van der Waals surface area contributed by atoms with Crippen LogP contribution in [0.3, 0.4) is 0 Å². The number of hydrogen-bond donors (Lipinski definition) is 1. The van der Waals surface area contributed by atoms with Crippen molar-refractivity contribution in [3.8, 4) is 0 Å². The predicted molar refractivity (Wildman–Crippen MR) is 59.3 cm³/mol. The van der Waals surface area contributed by atoms with Crippen LogP contribution in [0.25, 0.3) is 0 Å². The molecule has 0 bridgehead atoms. The number of rotatable bonds is 2. The molecule has 4 nitrogen and oxygen atoms in total. The highest BCUT2D eigenvalue weighted by Crippen LogP contribution is 2.10. The monoisotopic (exact) mass is 239 g/mol. The molecule has 0 unspecified atom stereocenters. The molecule has 0 aliphatic rings. The number of anilines is 1. The second-order valence-electron chi connectivity index (χ2n) is 2.68. The van der Waals surface area contributed by atoms with Crippen molar-refractivity contribution in [2.24, 2.45) is 0 Å². The Morgan fingerprint density at radius 1 is 1.47 bits per heavy atom. The number of nitrogens with zero attached hydrogens (tertiary/aromatic N) is 2. The molecule has 6 heteroatoms. The van der Waals surface area contributed by atoms with E-state index in [0.717, 1.165) is 0 Å². The third-order valence-corrected chi connectivity index (χ3v) is 2.52. The summed E-state index contributed by atoms with van der Waals surface area (Å²) >= 11 is 7.04. The van der Waals surface area contributed by atoms with Crippen molar-refractivity contribution in [3.63, 3.8) is 0 Å². The lowest BCUT2D eigenvalue weighted by atomic mass is 10.3. The van der Waals surface area contributed by atoms with Crippen molar-refractivity contribution in [2.75, 3.05) is 5.32 Å². The Morgan fingerprint density at radius 3 is 3.00 bits per heavy atom. The Kier molecular flexibility index (Phi) is 2.94. The topological polar surface area (TPSA) is 54.9 Å². The first-order valence-electron chi connectivity index (χ1n) is 4.08. The van der Waals surface area contributed by atoms with Gasteiger partial charge >= 0.3 is 0 Å². The summed E-state index contributed by atoms with van der Waals surface area (Å²) in [7, 11) is 0. The third-order valence-electron chi connectivity index (χ3n) is 1.65. The van der Waals surface area contributed by atoms with Crippen LogP contribution in [0.15, 0.2) is 29.1 Å². The molecule has 76 valence electrons. The summed E-state index contributed by atoms with van der Waals surface area (Å²) in [5.41, 5.74) is 0.606. The van der Waals surface area contributed by atoms with Crippen LogP contribution in [0.4, 0.5) is 5.82 Å². The molecule has 2 aromatic rings. The van der Waals surface area contributed by atoms with E-state index in [1.165, 1.54) is 17.5 Å². The van der Waals surface area contributed by atoms with Crippen LogP contribution in [0, 0.1) is 0 Å². The number of thiophene rings is 1. The zero-order valence-corrected chi connectivity index (χ0v) is 9.05. The molecule has 0 aliphatic carbocycles. The maximum atomic E-state index is 11.6. The zero-order chi connectivity index (χ0) is 10.7. The lowest BCUT2D eigenvalue weighted by Crippen LogP contribution is -2.12. The number of hydrogen-bond acceptors (Lipinski definition) is 4. The van der Waals surface area contributed by atoms with Crippen LogP contribution in [0.1, 0.15) is 10.4 Å². The van der Waals surface area contributed by atoms with Gasteiger partial charge in [-0.05, 0) is 29.1 Å². The van der Waals surface area contributed by atoms with E-state index in [9.17, 15) is 4.79 Å². The minimum Gasteiger partial charge on any atom is -0.306 e. The van der Waals surface area contributed by atoms with Crippen molar-refractivity contribution in [2.45, 2.75) is 0 Å². The molecular weight excluding hydrogens is 234 g/mol. The summed E-state index contributed by atoms with van der Waals surface area (Å²) in [4.78, 5) is 19.1. The third kappa shape index (κ3) is 2.51. The van der Waals surface area contributed by atoms with E-state index in [2.05, 4.69) is 15.3 Å². The maximum Gasteiger partial charge on any atom is 0.257 e. The molecule has 0 radical (unpaired) electrons. The molecule has 0 saturated heterocycles. The van der Waals surface area contributed by atoms with Crippen molar-refractivity contribution in [1.82, 2.24) is 9.97 Å². The summed E-state index contributed by atoms with van der Waals surface area (Å²) in [6, 6.07) is 3.32. The van der Waals surface area contributed by atoms with Crippen molar-refractivity contribution >= 4 is 34.7 Å². The normalized spacial score (nSPS) is 9.93. The second kappa shape index (κ2) is 4.37. The summed E-state index contributed by atoms with van der Waals surface area (Å²) < 4.78 is 0. The van der Waals surface area contributed by atoms with E-state index in [1.54, 1.807) is 17.5 Å². The Morgan fingerprint density at radius 2 is 2.33 bits per heavy atom. The Bertz CT molecular complexity index is 472. The molecule has 0 fully saturated rings. The number of nitrogens with one attached hydrogen (secondary N) is 1. The molecule has 0 aliphatic heterocycles. The summed E-state index contributed by atoms with van der Waals surface area (Å²) in [6.07, 6.45) is 1.48. The van der Waals surface area contributed by atoms with Gasteiger partial charge in [-0.2, -0.15) is 11.3 Å². The molecule has 1 N–H and O–H groups in total. The van der Waals surface area contributed by atoms with Gasteiger partial charge in [0.2, 0.25) is 5.28 Å². The fourth-order valence-corrected chi connectivity index (χ4v) is 1.77. The van der Waals surface area contributed by atoms with Crippen LogP contribution >= 0.6 is 22.9 Å². The molecular formula is C9H6ClN3OS. The lowest BCUT2D eigenvalue weighted by Gasteiger charge is -2.01. The molecule has 0 spiro atoms. The smallest absolute Gasteiger partial charge is 0.257 e. The first-order valence-corrected chi connectivity index (χ1v) is 5.40. The largest absolute Gasteiger partial charge is 0.306 e. The molecule has 2 rings (SSSR count).